The van der Waals surface area contributed by atoms with Crippen LogP contribution < -0.4 is 10.1 Å². The fourth-order valence-electron chi connectivity index (χ4n) is 2.79. The first-order valence-electron chi connectivity index (χ1n) is 8.75. The first-order valence-corrected chi connectivity index (χ1v) is 8.75. The first-order chi connectivity index (χ1) is 11.7. The number of piperidine rings is 1. The quantitative estimate of drug-likeness (QED) is 0.854. The Kier molecular flexibility index (Phi) is 6.30. The van der Waals surface area contributed by atoms with Crippen molar-refractivity contribution >= 4 is 6.09 Å². The second kappa shape index (κ2) is 8.06. The van der Waals surface area contributed by atoms with Crippen LogP contribution >= 0.6 is 0 Å². The topological polar surface area (TPSA) is 71.0 Å². The normalized spacial score (nSPS) is 17.2. The van der Waals surface area contributed by atoms with E-state index in [1.807, 2.05) is 45.0 Å². The van der Waals surface area contributed by atoms with Gasteiger partial charge < -0.3 is 24.8 Å². The van der Waals surface area contributed by atoms with Gasteiger partial charge in [-0.15, -0.1) is 0 Å². The standard InChI is InChI=1S/C19H30N2O4/c1-18(2,3)25-17(22)21-11-9-19(23,10-12-21)14-20-13-15-5-7-16(24-4)8-6-15/h5-8,20,23H,9-14H2,1-4H3. The highest BCUT2D eigenvalue weighted by atomic mass is 16.6. The lowest BCUT2D eigenvalue weighted by Crippen LogP contribution is -2.51. The monoisotopic (exact) mass is 350 g/mol. The number of hydrogen-bond acceptors (Lipinski definition) is 5. The summed E-state index contributed by atoms with van der Waals surface area (Å²) in [5.41, 5.74) is -0.147. The van der Waals surface area contributed by atoms with E-state index in [4.69, 9.17) is 9.47 Å². The highest BCUT2D eigenvalue weighted by Crippen LogP contribution is 2.23. The summed E-state index contributed by atoms with van der Waals surface area (Å²) in [6.45, 7) is 7.77. The maximum atomic E-state index is 12.1. The fourth-order valence-corrected chi connectivity index (χ4v) is 2.79. The second-order valence-corrected chi connectivity index (χ2v) is 7.64. The van der Waals surface area contributed by atoms with Crippen LogP contribution in [0, 0.1) is 0 Å². The number of rotatable bonds is 5. The number of hydrogen-bond donors (Lipinski definition) is 2. The Balaban J connectivity index is 1.75. The molecular formula is C19H30N2O4. The van der Waals surface area contributed by atoms with Crippen LogP contribution in [0.25, 0.3) is 0 Å². The molecule has 1 heterocycles. The molecule has 1 amide bonds. The lowest BCUT2D eigenvalue weighted by Gasteiger charge is -2.38. The van der Waals surface area contributed by atoms with Crippen molar-refractivity contribution in [2.75, 3.05) is 26.7 Å². The maximum Gasteiger partial charge on any atom is 0.410 e. The van der Waals surface area contributed by atoms with Gasteiger partial charge in [-0.05, 0) is 51.3 Å². The zero-order valence-corrected chi connectivity index (χ0v) is 15.7. The Morgan fingerprint density at radius 1 is 1.24 bits per heavy atom. The largest absolute Gasteiger partial charge is 0.497 e. The average Bonchev–Trinajstić information content (AvgIpc) is 2.54. The van der Waals surface area contributed by atoms with E-state index < -0.39 is 11.2 Å². The van der Waals surface area contributed by atoms with Gasteiger partial charge in [-0.1, -0.05) is 12.1 Å². The minimum Gasteiger partial charge on any atom is -0.497 e. The summed E-state index contributed by atoms with van der Waals surface area (Å²) in [4.78, 5) is 13.7. The molecular weight excluding hydrogens is 320 g/mol. The van der Waals surface area contributed by atoms with E-state index >= 15 is 0 Å². The lowest BCUT2D eigenvalue weighted by atomic mass is 9.91. The Hall–Kier alpha value is -1.79. The zero-order valence-electron chi connectivity index (χ0n) is 15.7. The van der Waals surface area contributed by atoms with Crippen molar-refractivity contribution in [2.45, 2.75) is 51.4 Å². The molecule has 0 aromatic heterocycles. The highest BCUT2D eigenvalue weighted by molar-refractivity contribution is 5.68. The van der Waals surface area contributed by atoms with Crippen molar-refractivity contribution < 1.29 is 19.4 Å². The van der Waals surface area contributed by atoms with Crippen LogP contribution in [0.2, 0.25) is 0 Å². The third-order valence-electron chi connectivity index (χ3n) is 4.29. The van der Waals surface area contributed by atoms with E-state index in [1.54, 1.807) is 12.0 Å². The molecule has 25 heavy (non-hydrogen) atoms. The van der Waals surface area contributed by atoms with E-state index in [9.17, 15) is 9.90 Å². The van der Waals surface area contributed by atoms with Crippen LogP contribution in [-0.2, 0) is 11.3 Å². The van der Waals surface area contributed by atoms with Gasteiger partial charge >= 0.3 is 6.09 Å². The van der Waals surface area contributed by atoms with Crippen molar-refractivity contribution in [3.05, 3.63) is 29.8 Å². The van der Waals surface area contributed by atoms with E-state index in [-0.39, 0.29) is 6.09 Å². The summed E-state index contributed by atoms with van der Waals surface area (Å²) >= 11 is 0. The van der Waals surface area contributed by atoms with Crippen LogP contribution in [0.4, 0.5) is 4.79 Å². The van der Waals surface area contributed by atoms with Gasteiger partial charge in [0.2, 0.25) is 0 Å². The van der Waals surface area contributed by atoms with Crippen molar-refractivity contribution in [1.82, 2.24) is 10.2 Å². The van der Waals surface area contributed by atoms with E-state index in [0.29, 0.717) is 39.0 Å². The Bertz CT molecular complexity index is 558. The van der Waals surface area contributed by atoms with Gasteiger partial charge in [0.1, 0.15) is 11.4 Å². The molecule has 2 N–H and O–H groups in total. The molecule has 0 radical (unpaired) electrons. The molecule has 1 aliphatic rings. The molecule has 2 rings (SSSR count). The van der Waals surface area contributed by atoms with Gasteiger partial charge in [0.05, 0.1) is 12.7 Å². The molecule has 6 nitrogen and oxygen atoms in total. The van der Waals surface area contributed by atoms with Gasteiger partial charge in [0.15, 0.2) is 0 Å². The minimum absolute atomic E-state index is 0.305. The van der Waals surface area contributed by atoms with Crippen LogP contribution in [0.15, 0.2) is 24.3 Å². The third-order valence-corrected chi connectivity index (χ3v) is 4.29. The summed E-state index contributed by atoms with van der Waals surface area (Å²) in [5, 5.41) is 14.0. The smallest absolute Gasteiger partial charge is 0.410 e. The molecule has 1 aliphatic heterocycles. The molecule has 140 valence electrons. The number of nitrogens with zero attached hydrogens (tertiary/aromatic N) is 1. The number of nitrogens with one attached hydrogen (secondary N) is 1. The van der Waals surface area contributed by atoms with Crippen molar-refractivity contribution in [2.24, 2.45) is 0 Å². The van der Waals surface area contributed by atoms with Gasteiger partial charge in [-0.2, -0.15) is 0 Å². The van der Waals surface area contributed by atoms with Crippen molar-refractivity contribution in [1.29, 1.82) is 0 Å². The maximum absolute atomic E-state index is 12.1. The molecule has 1 aromatic rings. The molecule has 0 unspecified atom stereocenters. The van der Waals surface area contributed by atoms with Crippen LogP contribution in [0.1, 0.15) is 39.2 Å². The van der Waals surface area contributed by atoms with Crippen molar-refractivity contribution in [3.63, 3.8) is 0 Å². The Morgan fingerprint density at radius 2 is 1.84 bits per heavy atom. The third kappa shape index (κ3) is 6.21. The molecule has 0 atom stereocenters. The zero-order chi connectivity index (χ0) is 18.5. The molecule has 1 fully saturated rings. The number of aliphatic hydroxyl groups is 1. The molecule has 1 saturated heterocycles. The van der Waals surface area contributed by atoms with Crippen LogP contribution in [0.3, 0.4) is 0 Å². The minimum atomic E-state index is -0.787. The summed E-state index contributed by atoms with van der Waals surface area (Å²) < 4.78 is 10.5. The van der Waals surface area contributed by atoms with Gasteiger partial charge in [-0.25, -0.2) is 4.79 Å². The number of likely N-dealkylation sites (tertiary alicyclic amines) is 1. The summed E-state index contributed by atoms with van der Waals surface area (Å²) in [5.74, 6) is 0.830. The van der Waals surface area contributed by atoms with Gasteiger partial charge in [-0.3, -0.25) is 0 Å². The summed E-state index contributed by atoms with van der Waals surface area (Å²) in [7, 11) is 1.65. The van der Waals surface area contributed by atoms with E-state index in [2.05, 4.69) is 5.32 Å². The molecule has 0 saturated carbocycles. The molecule has 0 aliphatic carbocycles. The number of ether oxygens (including phenoxy) is 2. The molecule has 0 bridgehead atoms. The average molecular weight is 350 g/mol. The second-order valence-electron chi connectivity index (χ2n) is 7.64. The SMILES string of the molecule is COc1ccc(CNCC2(O)CCN(C(=O)OC(C)(C)C)CC2)cc1. The fraction of sp³-hybridized carbons (Fsp3) is 0.632. The molecule has 0 spiro atoms. The number of amides is 1. The van der Waals surface area contributed by atoms with Crippen LogP contribution in [0.5, 0.6) is 5.75 Å². The Labute approximate surface area is 150 Å². The lowest BCUT2D eigenvalue weighted by molar-refractivity contribution is -0.0310. The number of methoxy groups -OCH3 is 1. The summed E-state index contributed by atoms with van der Waals surface area (Å²) in [6.07, 6.45) is 0.782. The number of carbonyl (C=O) groups excluding carboxylic acids is 1. The number of benzene rings is 1. The predicted molar refractivity (Wildman–Crippen MR) is 96.7 cm³/mol. The summed E-state index contributed by atoms with van der Waals surface area (Å²) in [6, 6.07) is 7.85. The van der Waals surface area contributed by atoms with Gasteiger partial charge in [0, 0.05) is 26.2 Å². The Morgan fingerprint density at radius 3 is 2.36 bits per heavy atom. The van der Waals surface area contributed by atoms with Crippen molar-refractivity contribution in [3.8, 4) is 5.75 Å². The van der Waals surface area contributed by atoms with Crippen LogP contribution in [-0.4, -0.2) is 54.0 Å². The van der Waals surface area contributed by atoms with E-state index in [1.165, 1.54) is 0 Å². The molecule has 6 heteroatoms. The number of carbonyl (C=O) groups is 1. The predicted octanol–water partition coefficient (Wildman–Crippen LogP) is 2.55. The molecule has 1 aromatic carbocycles. The van der Waals surface area contributed by atoms with E-state index in [0.717, 1.165) is 11.3 Å². The van der Waals surface area contributed by atoms with Gasteiger partial charge in [0.25, 0.3) is 0 Å². The first kappa shape index (κ1) is 19.5. The highest BCUT2D eigenvalue weighted by Gasteiger charge is 2.35.